The van der Waals surface area contributed by atoms with Crippen molar-refractivity contribution in [2.24, 2.45) is 0 Å². The van der Waals surface area contributed by atoms with Crippen LogP contribution in [-0.4, -0.2) is 43.8 Å². The van der Waals surface area contributed by atoms with E-state index < -0.39 is 10.9 Å². The number of hydrogen-bond donors (Lipinski definition) is 2. The third kappa shape index (κ3) is 8.76. The summed E-state index contributed by atoms with van der Waals surface area (Å²) in [5, 5.41) is 6.79. The molecule has 0 atom stereocenters. The van der Waals surface area contributed by atoms with Crippen molar-refractivity contribution in [2.75, 3.05) is 38.7 Å². The summed E-state index contributed by atoms with van der Waals surface area (Å²) in [6.45, 7) is 12.7. The number of nitrogens with one attached hydrogen (secondary N) is 2. The first kappa shape index (κ1) is 19.7. The molecule has 0 radical (unpaired) electrons. The second-order valence-corrected chi connectivity index (χ2v) is 6.40. The minimum atomic E-state index is -1.88. The molecule has 120 valence electrons. The molecule has 7 heteroatoms. The molecule has 5 nitrogen and oxygen atoms in total. The van der Waals surface area contributed by atoms with Gasteiger partial charge in [-0.1, -0.05) is 6.08 Å². The van der Waals surface area contributed by atoms with Crippen molar-refractivity contribution in [1.29, 1.82) is 0 Å². The second-order valence-electron chi connectivity index (χ2n) is 3.76. The minimum absolute atomic E-state index is 0.585. The molecule has 0 aromatic carbocycles. The zero-order chi connectivity index (χ0) is 15.3. The van der Waals surface area contributed by atoms with Crippen molar-refractivity contribution < 1.29 is 12.5 Å². The topological polar surface area (TPSA) is 51.8 Å². The summed E-state index contributed by atoms with van der Waals surface area (Å²) >= 11 is 5.12. The van der Waals surface area contributed by atoms with Gasteiger partial charge in [-0.25, -0.2) is 0 Å². The van der Waals surface area contributed by atoms with Crippen LogP contribution in [0.2, 0.25) is 0 Å². The van der Waals surface area contributed by atoms with Crippen LogP contribution in [0.15, 0.2) is 12.7 Å². The molecule has 0 spiro atoms. The largest absolute Gasteiger partial charge is 0.363 e. The van der Waals surface area contributed by atoms with Gasteiger partial charge in [0, 0.05) is 18.8 Å². The van der Waals surface area contributed by atoms with Crippen LogP contribution in [0.3, 0.4) is 0 Å². The van der Waals surface area contributed by atoms with E-state index in [0.29, 0.717) is 31.5 Å². The quantitative estimate of drug-likeness (QED) is 0.327. The zero-order valence-corrected chi connectivity index (χ0v) is 14.4. The van der Waals surface area contributed by atoms with Crippen molar-refractivity contribution in [3.8, 4) is 0 Å². The predicted molar refractivity (Wildman–Crippen MR) is 90.8 cm³/mol. The summed E-state index contributed by atoms with van der Waals surface area (Å²) in [6, 6.07) is 0. The van der Waals surface area contributed by atoms with Crippen LogP contribution in [-0.2, 0) is 12.5 Å². The Kier molecular flexibility index (Phi) is 12.2. The molecule has 0 aromatic rings. The SMILES string of the molecule is C=CCNC(=S)NCCCS(OCC)(OCC)OCC. The molecule has 0 aliphatic heterocycles. The molecule has 0 heterocycles. The Labute approximate surface area is 130 Å². The van der Waals surface area contributed by atoms with Crippen molar-refractivity contribution >= 4 is 28.2 Å². The average Bonchev–Trinajstić information content (AvgIpc) is 2.42. The van der Waals surface area contributed by atoms with Gasteiger partial charge in [0.2, 0.25) is 0 Å². The molecule has 0 unspecified atom stereocenters. The fraction of sp³-hybridized carbons (Fsp3) is 0.769. The summed E-state index contributed by atoms with van der Waals surface area (Å²) < 4.78 is 17.2. The van der Waals surface area contributed by atoms with Gasteiger partial charge in [-0.05, 0) is 39.4 Å². The molecule has 20 heavy (non-hydrogen) atoms. The fourth-order valence-electron chi connectivity index (χ4n) is 1.50. The number of thiocarbonyl (C=S) groups is 1. The van der Waals surface area contributed by atoms with E-state index in [-0.39, 0.29) is 0 Å². The highest BCUT2D eigenvalue weighted by atomic mass is 32.3. The van der Waals surface area contributed by atoms with Gasteiger partial charge in [0.25, 0.3) is 0 Å². The first-order valence-electron chi connectivity index (χ1n) is 7.00. The molecular weight excluding hydrogens is 296 g/mol. The molecule has 0 saturated carbocycles. The Morgan fingerprint density at radius 1 is 1.10 bits per heavy atom. The number of hydrogen-bond acceptors (Lipinski definition) is 4. The van der Waals surface area contributed by atoms with Gasteiger partial charge in [-0.2, -0.15) is 0 Å². The van der Waals surface area contributed by atoms with Gasteiger partial charge < -0.3 is 10.6 Å². The zero-order valence-electron chi connectivity index (χ0n) is 12.8. The van der Waals surface area contributed by atoms with Gasteiger partial charge in [0.15, 0.2) is 5.11 Å². The Morgan fingerprint density at radius 2 is 1.65 bits per heavy atom. The van der Waals surface area contributed by atoms with Crippen LogP contribution in [0.5, 0.6) is 0 Å². The Morgan fingerprint density at radius 3 is 2.10 bits per heavy atom. The van der Waals surface area contributed by atoms with E-state index in [1.807, 2.05) is 20.8 Å². The van der Waals surface area contributed by atoms with E-state index in [4.69, 9.17) is 24.8 Å². The first-order chi connectivity index (χ1) is 9.64. The van der Waals surface area contributed by atoms with E-state index in [1.54, 1.807) is 6.08 Å². The minimum Gasteiger partial charge on any atom is -0.363 e. The van der Waals surface area contributed by atoms with Crippen LogP contribution in [0.25, 0.3) is 0 Å². The Balaban J connectivity index is 4.11. The summed E-state index contributed by atoms with van der Waals surface area (Å²) in [4.78, 5) is 0. The molecule has 0 saturated heterocycles. The Bertz CT molecular complexity index is 261. The van der Waals surface area contributed by atoms with Gasteiger partial charge in [-0.15, -0.1) is 6.58 Å². The van der Waals surface area contributed by atoms with Crippen LogP contribution < -0.4 is 10.6 Å². The first-order valence-corrected chi connectivity index (χ1v) is 8.99. The maximum atomic E-state index is 5.73. The lowest BCUT2D eigenvalue weighted by molar-refractivity contribution is 0.185. The maximum Gasteiger partial charge on any atom is 0.166 e. The lowest BCUT2D eigenvalue weighted by Gasteiger charge is -2.36. The molecule has 2 N–H and O–H groups in total. The molecular formula is C13H28N2O3S2. The lowest BCUT2D eigenvalue weighted by Crippen LogP contribution is -2.36. The van der Waals surface area contributed by atoms with E-state index in [2.05, 4.69) is 17.2 Å². The normalized spacial score (nSPS) is 11.9. The van der Waals surface area contributed by atoms with E-state index >= 15 is 0 Å². The van der Waals surface area contributed by atoms with Crippen molar-refractivity contribution in [2.45, 2.75) is 27.2 Å². The fourth-order valence-corrected chi connectivity index (χ4v) is 3.81. The van der Waals surface area contributed by atoms with Crippen molar-refractivity contribution in [3.63, 3.8) is 0 Å². The van der Waals surface area contributed by atoms with Crippen LogP contribution in [0.1, 0.15) is 27.2 Å². The standard InChI is InChI=1S/C13H28N2O3S2/c1-5-10-14-13(19)15-11-9-12-20(16-6-2,17-7-3)18-8-4/h5H,1,6-12H2,2-4H3,(H2,14,15,19). The van der Waals surface area contributed by atoms with Crippen LogP contribution >= 0.6 is 23.1 Å². The summed E-state index contributed by atoms with van der Waals surface area (Å²) in [5.41, 5.74) is 0. The molecule has 0 aliphatic rings. The molecule has 0 bridgehead atoms. The highest BCUT2D eigenvalue weighted by Crippen LogP contribution is 2.51. The molecule has 0 fully saturated rings. The smallest absolute Gasteiger partial charge is 0.166 e. The van der Waals surface area contributed by atoms with Crippen molar-refractivity contribution in [3.05, 3.63) is 12.7 Å². The van der Waals surface area contributed by atoms with Gasteiger partial charge >= 0.3 is 0 Å². The second kappa shape index (κ2) is 12.4. The van der Waals surface area contributed by atoms with Gasteiger partial charge in [0.05, 0.1) is 30.7 Å². The summed E-state index contributed by atoms with van der Waals surface area (Å²) in [5.74, 6) is 0.736. The number of rotatable bonds is 12. The lowest BCUT2D eigenvalue weighted by atomic mass is 10.5. The highest BCUT2D eigenvalue weighted by molar-refractivity contribution is 8.21. The third-order valence-electron chi connectivity index (χ3n) is 2.16. The van der Waals surface area contributed by atoms with Crippen LogP contribution in [0.4, 0.5) is 0 Å². The monoisotopic (exact) mass is 324 g/mol. The van der Waals surface area contributed by atoms with Crippen LogP contribution in [0, 0.1) is 0 Å². The summed E-state index contributed by atoms with van der Waals surface area (Å²) in [6.07, 6.45) is 2.63. The highest BCUT2D eigenvalue weighted by Gasteiger charge is 2.25. The van der Waals surface area contributed by atoms with Gasteiger partial charge in [-0.3, -0.25) is 12.5 Å². The predicted octanol–water partition coefficient (Wildman–Crippen LogP) is 2.69. The summed E-state index contributed by atoms with van der Waals surface area (Å²) in [7, 11) is -1.88. The molecule has 0 aliphatic carbocycles. The average molecular weight is 325 g/mol. The Hall–Kier alpha value is -0.340. The third-order valence-corrected chi connectivity index (χ3v) is 5.02. The van der Waals surface area contributed by atoms with E-state index in [1.165, 1.54) is 0 Å². The van der Waals surface area contributed by atoms with Crippen molar-refractivity contribution in [1.82, 2.24) is 10.6 Å². The maximum absolute atomic E-state index is 5.73. The molecule has 0 aromatic heterocycles. The van der Waals surface area contributed by atoms with E-state index in [9.17, 15) is 0 Å². The molecule has 0 rings (SSSR count). The van der Waals surface area contributed by atoms with E-state index in [0.717, 1.165) is 18.7 Å². The molecule has 0 amide bonds. The van der Waals surface area contributed by atoms with Gasteiger partial charge in [0.1, 0.15) is 0 Å².